The van der Waals surface area contributed by atoms with Gasteiger partial charge in [0.15, 0.2) is 23.5 Å². The minimum absolute atomic E-state index is 0.00848. The highest BCUT2D eigenvalue weighted by atomic mass is 16.6. The van der Waals surface area contributed by atoms with Crippen LogP contribution < -0.4 is 24.8 Å². The molecule has 356 valence electrons. The van der Waals surface area contributed by atoms with Crippen LogP contribution in [0.15, 0.2) is 30.3 Å². The summed E-state index contributed by atoms with van der Waals surface area (Å²) in [4.78, 5) is 72.2. The number of carbonyl (C=O) groups is 5. The van der Waals surface area contributed by atoms with Gasteiger partial charge in [-0.05, 0) is 157 Å². The summed E-state index contributed by atoms with van der Waals surface area (Å²) in [5.74, 6) is 0.782. The number of ether oxygens (including phenoxy) is 4. The Bertz CT molecular complexity index is 2150. The number of rotatable bonds is 17. The van der Waals surface area contributed by atoms with Gasteiger partial charge in [-0.25, -0.2) is 9.69 Å². The van der Waals surface area contributed by atoms with Gasteiger partial charge >= 0.3 is 6.09 Å². The molecule has 5 fully saturated rings. The maximum atomic E-state index is 14.9. The minimum Gasteiger partial charge on any atom is -0.495 e. The van der Waals surface area contributed by atoms with Crippen LogP contribution in [0.3, 0.4) is 0 Å². The summed E-state index contributed by atoms with van der Waals surface area (Å²) in [6, 6.07) is 7.35. The van der Waals surface area contributed by atoms with E-state index >= 15 is 0 Å². The monoisotopic (exact) mass is 898 g/mol. The summed E-state index contributed by atoms with van der Waals surface area (Å²) < 4.78 is 24.6. The van der Waals surface area contributed by atoms with Gasteiger partial charge in [0.2, 0.25) is 0 Å². The number of hydrogen-bond donors (Lipinski definition) is 2. The van der Waals surface area contributed by atoms with Crippen LogP contribution in [0.1, 0.15) is 177 Å². The quantitative estimate of drug-likeness (QED) is 0.117. The molecule has 2 heterocycles. The highest BCUT2D eigenvalue weighted by molar-refractivity contribution is 6.19. The lowest BCUT2D eigenvalue weighted by Crippen LogP contribution is -2.60. The van der Waals surface area contributed by atoms with Crippen molar-refractivity contribution in [3.8, 4) is 17.2 Å². The maximum Gasteiger partial charge on any atom is 0.418 e. The Balaban J connectivity index is 1.19. The van der Waals surface area contributed by atoms with E-state index in [1.54, 1.807) is 18.2 Å². The van der Waals surface area contributed by atoms with E-state index in [0.29, 0.717) is 54.9 Å². The Morgan fingerprint density at radius 2 is 1.48 bits per heavy atom. The van der Waals surface area contributed by atoms with E-state index in [-0.39, 0.29) is 39.7 Å². The molecule has 4 saturated carbocycles. The average molecular weight is 898 g/mol. The van der Waals surface area contributed by atoms with Crippen molar-refractivity contribution in [3.63, 3.8) is 0 Å². The third kappa shape index (κ3) is 10.2. The van der Waals surface area contributed by atoms with Crippen molar-refractivity contribution in [2.75, 3.05) is 17.7 Å². The third-order valence-corrected chi connectivity index (χ3v) is 14.7. The van der Waals surface area contributed by atoms with Crippen LogP contribution in [0, 0.1) is 28.6 Å². The number of nitrogens with one attached hydrogen (secondary N) is 2. The fourth-order valence-corrected chi connectivity index (χ4v) is 12.7. The van der Waals surface area contributed by atoms with Gasteiger partial charge in [0.1, 0.15) is 22.8 Å². The Morgan fingerprint density at radius 1 is 0.831 bits per heavy atom. The predicted octanol–water partition coefficient (Wildman–Crippen LogP) is 11.3. The summed E-state index contributed by atoms with van der Waals surface area (Å²) in [6.45, 7) is 22.6. The molecule has 4 amide bonds. The van der Waals surface area contributed by atoms with Crippen LogP contribution in [0.2, 0.25) is 0 Å². The summed E-state index contributed by atoms with van der Waals surface area (Å²) >= 11 is 0. The smallest absolute Gasteiger partial charge is 0.418 e. The molecule has 2 aromatic rings. The first-order chi connectivity index (χ1) is 30.3. The van der Waals surface area contributed by atoms with Crippen LogP contribution in [0.25, 0.3) is 0 Å². The van der Waals surface area contributed by atoms with Crippen LogP contribution in [0.5, 0.6) is 17.2 Å². The van der Waals surface area contributed by atoms with Crippen LogP contribution in [-0.2, 0) is 29.3 Å². The molecule has 2 aliphatic heterocycles. The molecular weight excluding hydrogens is 823 g/mol. The van der Waals surface area contributed by atoms with Crippen LogP contribution in [-0.4, -0.2) is 65.0 Å². The summed E-state index contributed by atoms with van der Waals surface area (Å²) in [6.07, 6.45) is 9.23. The molecule has 3 unspecified atom stereocenters. The zero-order chi connectivity index (χ0) is 47.4. The molecule has 8 rings (SSSR count). The second-order valence-corrected chi connectivity index (χ2v) is 23.3. The number of ketones is 1. The molecule has 12 heteroatoms. The first kappa shape index (κ1) is 48.3. The number of nitrogens with zero attached hydrogens (tertiary/aromatic N) is 1. The van der Waals surface area contributed by atoms with Gasteiger partial charge in [-0.3, -0.25) is 19.2 Å². The van der Waals surface area contributed by atoms with Gasteiger partial charge in [-0.15, -0.1) is 0 Å². The van der Waals surface area contributed by atoms with E-state index in [1.807, 2.05) is 0 Å². The summed E-state index contributed by atoms with van der Waals surface area (Å²) in [7, 11) is 1.45. The number of anilines is 2. The highest BCUT2D eigenvalue weighted by Gasteiger charge is 2.61. The maximum absolute atomic E-state index is 14.9. The zero-order valence-electron chi connectivity index (χ0n) is 41.2. The molecule has 4 bridgehead atoms. The second kappa shape index (κ2) is 17.9. The van der Waals surface area contributed by atoms with Crippen molar-refractivity contribution in [1.29, 1.82) is 0 Å². The number of fused-ring (bicyclic) bond motifs is 1. The Hall–Kier alpha value is -4.61. The number of amides is 4. The lowest BCUT2D eigenvalue weighted by molar-refractivity contribution is -0.155. The zero-order valence-corrected chi connectivity index (χ0v) is 41.2. The molecule has 0 radical (unpaired) electrons. The second-order valence-electron chi connectivity index (χ2n) is 23.3. The molecule has 6 aliphatic rings. The SMILES string of the molecule is CCCCCCC(Oc1cc2c(cc1C(C)(C)CC(C)(C)C)OC(C)(C)CC2C)C(=O)Nc1ccc(OC)c(NC(=O)C(C(=O)C23CC4CC(CC(C4)C2)C3)N2C(=O)OC(C)(C)C2=O)c1. The Labute approximate surface area is 387 Å². The fourth-order valence-electron chi connectivity index (χ4n) is 12.7. The number of cyclic esters (lactones) is 1. The molecule has 0 aromatic heterocycles. The van der Waals surface area contributed by atoms with Crippen molar-refractivity contribution in [3.05, 3.63) is 41.5 Å². The highest BCUT2D eigenvalue weighted by Crippen LogP contribution is 2.61. The van der Waals surface area contributed by atoms with Crippen molar-refractivity contribution >= 4 is 41.0 Å². The number of carbonyl (C=O) groups excluding carboxylic acids is 5. The summed E-state index contributed by atoms with van der Waals surface area (Å²) in [5, 5.41) is 5.92. The van der Waals surface area contributed by atoms with Crippen molar-refractivity contribution in [1.82, 2.24) is 4.90 Å². The van der Waals surface area contributed by atoms with E-state index in [1.165, 1.54) is 21.0 Å². The van der Waals surface area contributed by atoms with Gasteiger partial charge in [-0.1, -0.05) is 67.7 Å². The van der Waals surface area contributed by atoms with Gasteiger partial charge in [-0.2, -0.15) is 0 Å². The molecule has 2 aromatic carbocycles. The molecule has 1 saturated heterocycles. The lowest BCUT2D eigenvalue weighted by Gasteiger charge is -2.56. The first-order valence-electron chi connectivity index (χ1n) is 24.3. The van der Waals surface area contributed by atoms with E-state index < -0.39 is 46.9 Å². The first-order valence-corrected chi connectivity index (χ1v) is 24.3. The number of imide groups is 1. The molecule has 4 aliphatic carbocycles. The van der Waals surface area contributed by atoms with E-state index in [0.717, 1.165) is 79.6 Å². The molecule has 0 spiro atoms. The van der Waals surface area contributed by atoms with Crippen LogP contribution >= 0.6 is 0 Å². The standard InChI is InChI=1S/C53H75N3O9/c1-13-14-15-16-17-40(63-42-24-36-31(2)26-51(8,9)64-41(36)25-37(42)50(6,7)30-49(3,4)5)45(58)54-35-18-19-39(62-12)38(23-35)55-46(59)43(56-47(60)52(10,11)65-48(56)61)44(57)53-27-32-20-33(28-53)22-34(21-32)29-53/h18-19,23-25,31-34,40,43H,13-17,20-22,26-30H2,1-12H3,(H,54,58)(H,55,59). The molecule has 2 N–H and O–H groups in total. The molecule has 65 heavy (non-hydrogen) atoms. The average Bonchev–Trinajstić information content (AvgIpc) is 3.38. The summed E-state index contributed by atoms with van der Waals surface area (Å²) in [5.41, 5.74) is -0.427. The van der Waals surface area contributed by atoms with Crippen molar-refractivity contribution < 1.29 is 42.9 Å². The molecule has 12 nitrogen and oxygen atoms in total. The van der Waals surface area contributed by atoms with Gasteiger partial charge in [0.25, 0.3) is 17.7 Å². The molecule has 3 atom stereocenters. The van der Waals surface area contributed by atoms with Gasteiger partial charge < -0.3 is 29.6 Å². The van der Waals surface area contributed by atoms with E-state index in [9.17, 15) is 24.0 Å². The number of hydrogen-bond acceptors (Lipinski definition) is 9. The largest absolute Gasteiger partial charge is 0.495 e. The van der Waals surface area contributed by atoms with Gasteiger partial charge in [0.05, 0.1) is 12.8 Å². The topological polar surface area (TPSA) is 150 Å². The number of unbranched alkanes of at least 4 members (excludes halogenated alkanes) is 3. The Kier molecular flexibility index (Phi) is 13.3. The predicted molar refractivity (Wildman–Crippen MR) is 252 cm³/mol. The van der Waals surface area contributed by atoms with Gasteiger partial charge in [0, 0.05) is 22.2 Å². The normalized spacial score (nSPS) is 26.1. The third-order valence-electron chi connectivity index (χ3n) is 14.7. The number of Topliss-reactive ketones (excluding diaryl/α,β-unsaturated/α-hetero) is 1. The Morgan fingerprint density at radius 3 is 2.05 bits per heavy atom. The number of methoxy groups -OCH3 is 1. The van der Waals surface area contributed by atoms with Crippen molar-refractivity contribution in [2.24, 2.45) is 28.6 Å². The number of benzene rings is 2. The van der Waals surface area contributed by atoms with E-state index in [4.69, 9.17) is 18.9 Å². The van der Waals surface area contributed by atoms with Crippen LogP contribution in [0.4, 0.5) is 16.2 Å². The van der Waals surface area contributed by atoms with E-state index in [2.05, 4.69) is 85.1 Å². The molecular formula is C53H75N3O9. The fraction of sp³-hybridized carbons (Fsp3) is 0.679. The lowest BCUT2D eigenvalue weighted by atomic mass is 9.48. The minimum atomic E-state index is -1.75. The van der Waals surface area contributed by atoms with Crippen molar-refractivity contribution in [2.45, 2.75) is 194 Å².